The Hall–Kier alpha value is -1.17. The van der Waals surface area contributed by atoms with E-state index in [9.17, 15) is 4.21 Å². The van der Waals surface area contributed by atoms with E-state index in [2.05, 4.69) is 22.2 Å². The maximum absolute atomic E-state index is 11.1. The van der Waals surface area contributed by atoms with E-state index in [0.717, 1.165) is 18.7 Å². The molecule has 1 heterocycles. The van der Waals surface area contributed by atoms with Crippen LogP contribution in [0.5, 0.6) is 0 Å². The van der Waals surface area contributed by atoms with E-state index in [-0.39, 0.29) is 6.04 Å². The summed E-state index contributed by atoms with van der Waals surface area (Å²) < 4.78 is 11.1. The van der Waals surface area contributed by atoms with Gasteiger partial charge in [-0.25, -0.2) is 9.97 Å². The van der Waals surface area contributed by atoms with Gasteiger partial charge >= 0.3 is 0 Å². The van der Waals surface area contributed by atoms with Crippen LogP contribution in [0.3, 0.4) is 0 Å². The summed E-state index contributed by atoms with van der Waals surface area (Å²) >= 11 is 0. The third kappa shape index (κ3) is 5.12. The fourth-order valence-corrected chi connectivity index (χ4v) is 2.36. The third-order valence-corrected chi connectivity index (χ3v) is 3.11. The molecule has 5 nitrogen and oxygen atoms in total. The number of nitrogens with two attached hydrogens (primary N) is 1. The average molecular weight is 256 g/mol. The van der Waals surface area contributed by atoms with Crippen LogP contribution >= 0.6 is 0 Å². The molecule has 1 aromatic rings. The van der Waals surface area contributed by atoms with Crippen LogP contribution in [-0.4, -0.2) is 32.2 Å². The molecule has 0 spiro atoms. The van der Waals surface area contributed by atoms with Gasteiger partial charge in [0.05, 0.1) is 0 Å². The molecule has 1 aromatic heterocycles. The SMILES string of the molecule is CCCc1nc(N)cc(NC(C)CS(C)=O)n1. The van der Waals surface area contributed by atoms with E-state index < -0.39 is 10.8 Å². The summed E-state index contributed by atoms with van der Waals surface area (Å²) in [5.41, 5.74) is 5.72. The van der Waals surface area contributed by atoms with Crippen molar-refractivity contribution in [2.45, 2.75) is 32.7 Å². The van der Waals surface area contributed by atoms with Gasteiger partial charge in [-0.2, -0.15) is 0 Å². The fraction of sp³-hybridized carbons (Fsp3) is 0.636. The first kappa shape index (κ1) is 13.9. The zero-order valence-electron chi connectivity index (χ0n) is 10.6. The van der Waals surface area contributed by atoms with Crippen LogP contribution in [0.2, 0.25) is 0 Å². The number of aromatic nitrogens is 2. The van der Waals surface area contributed by atoms with Crippen LogP contribution in [0.25, 0.3) is 0 Å². The molecular formula is C11H20N4OS. The van der Waals surface area contributed by atoms with E-state index >= 15 is 0 Å². The molecule has 0 aromatic carbocycles. The lowest BCUT2D eigenvalue weighted by Crippen LogP contribution is -2.23. The number of nitrogens with one attached hydrogen (secondary N) is 1. The monoisotopic (exact) mass is 256 g/mol. The zero-order chi connectivity index (χ0) is 12.8. The molecule has 2 atom stereocenters. The number of hydrogen-bond donors (Lipinski definition) is 2. The van der Waals surface area contributed by atoms with Gasteiger partial charge in [-0.1, -0.05) is 6.92 Å². The number of anilines is 2. The van der Waals surface area contributed by atoms with E-state index in [0.29, 0.717) is 17.4 Å². The standard InChI is InChI=1S/C11H20N4OS/c1-4-5-10-14-9(12)6-11(15-10)13-8(2)7-17(3)16/h6,8H,4-5,7H2,1-3H3,(H3,12,13,14,15). The lowest BCUT2D eigenvalue weighted by molar-refractivity contribution is 0.682. The number of nitrogens with zero attached hydrogens (tertiary/aromatic N) is 2. The van der Waals surface area contributed by atoms with Gasteiger partial charge < -0.3 is 11.1 Å². The Bertz CT molecular complexity index is 397. The van der Waals surface area contributed by atoms with E-state index in [1.54, 1.807) is 12.3 Å². The first-order chi connectivity index (χ1) is 8.01. The minimum absolute atomic E-state index is 0.101. The minimum atomic E-state index is -0.821. The van der Waals surface area contributed by atoms with E-state index in [4.69, 9.17) is 5.73 Å². The molecule has 96 valence electrons. The quantitative estimate of drug-likeness (QED) is 0.799. The highest BCUT2D eigenvalue weighted by Gasteiger charge is 2.07. The predicted octanol–water partition coefficient (Wildman–Crippen LogP) is 1.19. The second kappa shape index (κ2) is 6.54. The molecule has 6 heteroatoms. The molecule has 0 amide bonds. The third-order valence-electron chi connectivity index (χ3n) is 2.14. The Labute approximate surface area is 105 Å². The molecular weight excluding hydrogens is 236 g/mol. The molecule has 3 N–H and O–H groups in total. The summed E-state index contributed by atoms with van der Waals surface area (Å²) in [6.07, 6.45) is 3.49. The van der Waals surface area contributed by atoms with Crippen LogP contribution in [0.4, 0.5) is 11.6 Å². The summed E-state index contributed by atoms with van der Waals surface area (Å²) in [4.78, 5) is 8.53. The predicted molar refractivity (Wildman–Crippen MR) is 72.5 cm³/mol. The first-order valence-electron chi connectivity index (χ1n) is 5.71. The summed E-state index contributed by atoms with van der Waals surface area (Å²) in [5.74, 6) is 2.52. The van der Waals surface area contributed by atoms with Crippen molar-refractivity contribution in [2.24, 2.45) is 0 Å². The summed E-state index contributed by atoms with van der Waals surface area (Å²) in [6.45, 7) is 4.04. The van der Waals surface area contributed by atoms with Crippen molar-refractivity contribution in [1.82, 2.24) is 9.97 Å². The topological polar surface area (TPSA) is 80.9 Å². The van der Waals surface area contributed by atoms with Crippen LogP contribution in [-0.2, 0) is 17.2 Å². The van der Waals surface area contributed by atoms with Crippen LogP contribution in [0, 0.1) is 0 Å². The largest absolute Gasteiger partial charge is 0.384 e. The molecule has 0 bridgehead atoms. The molecule has 17 heavy (non-hydrogen) atoms. The van der Waals surface area contributed by atoms with Crippen molar-refractivity contribution in [2.75, 3.05) is 23.1 Å². The van der Waals surface area contributed by atoms with Crippen molar-refractivity contribution < 1.29 is 4.21 Å². The Kier molecular flexibility index (Phi) is 5.34. The molecule has 1 rings (SSSR count). The Balaban J connectivity index is 2.72. The van der Waals surface area contributed by atoms with Gasteiger partial charge in [0.2, 0.25) is 0 Å². The maximum Gasteiger partial charge on any atom is 0.133 e. The van der Waals surface area contributed by atoms with Crippen molar-refractivity contribution >= 4 is 22.4 Å². The summed E-state index contributed by atoms with van der Waals surface area (Å²) in [5, 5.41) is 3.19. The Morgan fingerprint density at radius 1 is 1.53 bits per heavy atom. The van der Waals surface area contributed by atoms with Crippen molar-refractivity contribution in [1.29, 1.82) is 0 Å². The van der Waals surface area contributed by atoms with E-state index in [1.165, 1.54) is 0 Å². The molecule has 0 radical (unpaired) electrons. The summed E-state index contributed by atoms with van der Waals surface area (Å²) in [6, 6.07) is 1.80. The zero-order valence-corrected chi connectivity index (χ0v) is 11.4. The lowest BCUT2D eigenvalue weighted by atomic mass is 10.3. The van der Waals surface area contributed by atoms with Gasteiger partial charge in [-0.15, -0.1) is 0 Å². The molecule has 0 aliphatic heterocycles. The normalized spacial score (nSPS) is 14.3. The average Bonchev–Trinajstić information content (AvgIpc) is 2.14. The van der Waals surface area contributed by atoms with Gasteiger partial charge in [-0.3, -0.25) is 4.21 Å². The maximum atomic E-state index is 11.1. The molecule has 0 aliphatic rings. The van der Waals surface area contributed by atoms with Crippen molar-refractivity contribution in [3.05, 3.63) is 11.9 Å². The molecule has 0 saturated carbocycles. The van der Waals surface area contributed by atoms with Gasteiger partial charge in [-0.05, 0) is 13.3 Å². The number of hydrogen-bond acceptors (Lipinski definition) is 5. The van der Waals surface area contributed by atoms with Gasteiger partial charge in [0, 0.05) is 41.3 Å². The van der Waals surface area contributed by atoms with Gasteiger partial charge in [0.25, 0.3) is 0 Å². The first-order valence-corrected chi connectivity index (χ1v) is 7.44. The Morgan fingerprint density at radius 2 is 2.24 bits per heavy atom. The highest BCUT2D eigenvalue weighted by Crippen LogP contribution is 2.11. The van der Waals surface area contributed by atoms with Crippen LogP contribution in [0.1, 0.15) is 26.1 Å². The second-order valence-electron chi connectivity index (χ2n) is 4.13. The molecule has 0 aliphatic carbocycles. The number of nitrogen functional groups attached to an aromatic ring is 1. The smallest absolute Gasteiger partial charge is 0.133 e. The molecule has 2 unspecified atom stereocenters. The highest BCUT2D eigenvalue weighted by molar-refractivity contribution is 7.84. The Morgan fingerprint density at radius 3 is 2.82 bits per heavy atom. The fourth-order valence-electron chi connectivity index (χ4n) is 1.57. The van der Waals surface area contributed by atoms with Crippen LogP contribution < -0.4 is 11.1 Å². The lowest BCUT2D eigenvalue weighted by Gasteiger charge is -2.14. The minimum Gasteiger partial charge on any atom is -0.384 e. The van der Waals surface area contributed by atoms with Crippen molar-refractivity contribution in [3.63, 3.8) is 0 Å². The molecule has 0 fully saturated rings. The second-order valence-corrected chi connectivity index (χ2v) is 5.61. The van der Waals surface area contributed by atoms with Crippen molar-refractivity contribution in [3.8, 4) is 0 Å². The number of rotatable bonds is 6. The molecule has 0 saturated heterocycles. The van der Waals surface area contributed by atoms with Gasteiger partial charge in [0.1, 0.15) is 17.5 Å². The highest BCUT2D eigenvalue weighted by atomic mass is 32.2. The number of aryl methyl sites for hydroxylation is 1. The van der Waals surface area contributed by atoms with Gasteiger partial charge in [0.15, 0.2) is 0 Å². The van der Waals surface area contributed by atoms with E-state index in [1.807, 2.05) is 6.92 Å². The van der Waals surface area contributed by atoms with Crippen LogP contribution in [0.15, 0.2) is 6.07 Å². The summed E-state index contributed by atoms with van der Waals surface area (Å²) in [7, 11) is -0.821.